The fraction of sp³-hybridized carbons (Fsp3) is 0.440. The highest BCUT2D eigenvalue weighted by molar-refractivity contribution is 9.10. The van der Waals surface area contributed by atoms with Crippen LogP contribution in [0, 0.1) is 11.7 Å². The molecular formula is C25H30BrFN4O2. The zero-order valence-electron chi connectivity index (χ0n) is 29.2. The molecule has 0 aliphatic carbocycles. The van der Waals surface area contributed by atoms with Crippen LogP contribution in [-0.2, 0) is 0 Å². The van der Waals surface area contributed by atoms with E-state index in [2.05, 4.69) is 31.2 Å². The summed E-state index contributed by atoms with van der Waals surface area (Å²) >= 11 is 3.21. The molecule has 0 atom stereocenters. The molecule has 1 saturated heterocycles. The Labute approximate surface area is 218 Å². The van der Waals surface area contributed by atoms with E-state index in [4.69, 9.17) is 24.6 Å². The minimum atomic E-state index is -3.50. The molecule has 0 unspecified atom stereocenters. The third-order valence-electron chi connectivity index (χ3n) is 4.41. The highest BCUT2D eigenvalue weighted by Crippen LogP contribution is 2.37. The van der Waals surface area contributed by atoms with Gasteiger partial charge in [-0.2, -0.15) is 0 Å². The maximum absolute atomic E-state index is 14.6. The minimum Gasteiger partial charge on any atom is -0.489 e. The van der Waals surface area contributed by atoms with Crippen LogP contribution in [0.4, 0.5) is 15.9 Å². The largest absolute Gasteiger partial charge is 0.489 e. The first kappa shape index (κ1) is 13.4. The molecule has 0 radical (unpaired) electrons. The summed E-state index contributed by atoms with van der Waals surface area (Å²) in [7, 11) is 0. The third kappa shape index (κ3) is 6.12. The Hall–Kier alpha value is -2.45. The molecule has 33 heavy (non-hydrogen) atoms. The number of nitrogens with one attached hydrogen (secondary N) is 1. The van der Waals surface area contributed by atoms with Crippen molar-refractivity contribution >= 4 is 38.3 Å². The van der Waals surface area contributed by atoms with Crippen LogP contribution < -0.4 is 14.8 Å². The molecule has 0 bridgehead atoms. The van der Waals surface area contributed by atoms with Gasteiger partial charge in [0, 0.05) is 31.0 Å². The third-order valence-corrected chi connectivity index (χ3v) is 4.90. The number of nitrogens with zero attached hydrogens (tertiary/aromatic N) is 3. The molecule has 1 aliphatic rings. The summed E-state index contributed by atoms with van der Waals surface area (Å²) in [5.74, 6) is -2.44. The molecule has 176 valence electrons. The predicted molar refractivity (Wildman–Crippen MR) is 133 cm³/mol. The lowest BCUT2D eigenvalue weighted by molar-refractivity contribution is 0.116. The molecular weight excluding hydrogens is 487 g/mol. The van der Waals surface area contributed by atoms with Gasteiger partial charge in [-0.1, -0.05) is 15.9 Å². The first-order valence-electron chi connectivity index (χ1n) is 15.5. The van der Waals surface area contributed by atoms with E-state index in [9.17, 15) is 4.39 Å². The van der Waals surface area contributed by atoms with Crippen LogP contribution in [0.5, 0.6) is 11.5 Å². The highest BCUT2D eigenvalue weighted by Gasteiger charge is 2.21. The zero-order valence-corrected chi connectivity index (χ0v) is 19.7. The number of aromatic nitrogens is 2. The summed E-state index contributed by atoms with van der Waals surface area (Å²) in [4.78, 5) is 8.08. The van der Waals surface area contributed by atoms with Gasteiger partial charge in [0.1, 0.15) is 23.6 Å². The molecule has 0 amide bonds. The molecule has 1 aliphatic heterocycles. The fourth-order valence-corrected chi connectivity index (χ4v) is 3.34. The molecule has 3 aromatic rings. The van der Waals surface area contributed by atoms with E-state index in [0.29, 0.717) is 9.86 Å². The summed E-state index contributed by atoms with van der Waals surface area (Å²) in [5, 5.41) is 3.30. The Balaban J connectivity index is 1.77. The van der Waals surface area contributed by atoms with Crippen LogP contribution in [-0.4, -0.2) is 47.0 Å². The Kier molecular flexibility index (Phi) is 4.00. The Morgan fingerprint density at radius 2 is 2.00 bits per heavy atom. The van der Waals surface area contributed by atoms with E-state index in [1.165, 1.54) is 30.6 Å². The van der Waals surface area contributed by atoms with Gasteiger partial charge in [0.05, 0.1) is 17.8 Å². The summed E-state index contributed by atoms with van der Waals surface area (Å²) < 4.78 is 117. The van der Waals surface area contributed by atoms with Gasteiger partial charge in [-0.15, -0.1) is 0 Å². The number of benzene rings is 2. The van der Waals surface area contributed by atoms with Crippen molar-refractivity contribution in [3.8, 4) is 11.5 Å². The molecule has 4 rings (SSSR count). The van der Waals surface area contributed by atoms with Gasteiger partial charge in [0.25, 0.3) is 0 Å². The molecule has 1 fully saturated rings. The van der Waals surface area contributed by atoms with Crippen LogP contribution in [0.15, 0.2) is 41.1 Å². The van der Waals surface area contributed by atoms with Crippen molar-refractivity contribution in [3.05, 3.63) is 46.9 Å². The number of piperidine rings is 1. The maximum Gasteiger partial charge on any atom is 0.163 e. The molecule has 1 N–H and O–H groups in total. The monoisotopic (exact) mass is 527 g/mol. The van der Waals surface area contributed by atoms with E-state index in [0.717, 1.165) is 0 Å². The van der Waals surface area contributed by atoms with Gasteiger partial charge in [0.15, 0.2) is 11.5 Å². The van der Waals surface area contributed by atoms with Crippen LogP contribution in [0.2, 0.25) is 0 Å². The summed E-state index contributed by atoms with van der Waals surface area (Å²) in [6.45, 7) is -6.12. The lowest BCUT2D eigenvalue weighted by Gasteiger charge is -2.29. The van der Waals surface area contributed by atoms with Crippen LogP contribution in [0.3, 0.4) is 0 Å². The number of halogens is 2. The maximum atomic E-state index is 14.6. The molecule has 1 aromatic heterocycles. The molecule has 0 spiro atoms. The fourth-order valence-electron chi connectivity index (χ4n) is 3.01. The Morgan fingerprint density at radius 3 is 2.70 bits per heavy atom. The molecule has 0 saturated carbocycles. The smallest absolute Gasteiger partial charge is 0.163 e. The topological polar surface area (TPSA) is 59.5 Å². The van der Waals surface area contributed by atoms with Gasteiger partial charge in [0.2, 0.25) is 0 Å². The number of likely N-dealkylation sites (tertiary alicyclic amines) is 1. The summed E-state index contributed by atoms with van der Waals surface area (Å²) in [5.41, 5.74) is -0.413. The van der Waals surface area contributed by atoms with Crippen LogP contribution in [0.1, 0.15) is 48.6 Å². The van der Waals surface area contributed by atoms with Crippen molar-refractivity contribution in [2.45, 2.75) is 39.1 Å². The summed E-state index contributed by atoms with van der Waals surface area (Å²) in [6.07, 6.45) is -5.28. The van der Waals surface area contributed by atoms with Crippen molar-refractivity contribution in [1.29, 1.82) is 0 Å². The van der Waals surface area contributed by atoms with Crippen molar-refractivity contribution in [1.82, 2.24) is 14.9 Å². The lowest BCUT2D eigenvalue weighted by atomic mass is 9.98. The number of hydrogen-bond acceptors (Lipinski definition) is 6. The SMILES string of the molecule is [2H]C([2H])([2H])N1C([2H])([2H])C([2H])([2H])C(COc2cc3ncnc(Nc4ccc(Br)cc4F)c3cc2OC(C)(C)C)C([2H])([2H])C1([2H])[2H]. The van der Waals surface area contributed by atoms with Gasteiger partial charge in [-0.3, -0.25) is 0 Å². The standard InChI is InChI=1S/C25H30BrFN4O2/c1-25(2,3)33-23-12-18-21(13-22(23)32-14-16-7-9-31(4)10-8-16)28-15-29-24(18)30-20-6-5-17(26)11-19(20)27/h5-6,11-13,15-16H,7-10,14H2,1-4H3,(H,28,29,30)/i4D3,7D2,8D2,9D2,10D2. The first-order chi connectivity index (χ1) is 19.9. The number of ether oxygens (including phenoxy) is 2. The average Bonchev–Trinajstić information content (AvgIpc) is 2.83. The second-order valence-electron chi connectivity index (χ2n) is 8.21. The number of fused-ring (bicyclic) bond motifs is 1. The predicted octanol–water partition coefficient (Wildman–Crippen LogP) is 6.17. The molecule has 2 heterocycles. The number of anilines is 2. The Morgan fingerprint density at radius 1 is 1.21 bits per heavy atom. The van der Waals surface area contributed by atoms with E-state index in [1.807, 2.05) is 0 Å². The molecule has 8 heteroatoms. The van der Waals surface area contributed by atoms with Gasteiger partial charge >= 0.3 is 0 Å². The van der Waals surface area contributed by atoms with Gasteiger partial charge in [-0.05, 0) is 83.7 Å². The Bertz CT molecular complexity index is 1540. The second-order valence-corrected chi connectivity index (χ2v) is 9.13. The first-order valence-corrected chi connectivity index (χ1v) is 10.8. The minimum absolute atomic E-state index is 0.0575. The van der Waals surface area contributed by atoms with E-state index < -0.39 is 56.7 Å². The van der Waals surface area contributed by atoms with Crippen molar-refractivity contribution in [2.75, 3.05) is 31.9 Å². The lowest BCUT2D eigenvalue weighted by Crippen LogP contribution is -2.32. The van der Waals surface area contributed by atoms with Gasteiger partial charge < -0.3 is 19.7 Å². The van der Waals surface area contributed by atoms with E-state index >= 15 is 0 Å². The normalized spacial score (nSPS) is 27.0. The quantitative estimate of drug-likeness (QED) is 0.413. The van der Waals surface area contributed by atoms with Crippen molar-refractivity contribution < 1.29 is 28.9 Å². The average molecular weight is 529 g/mol. The van der Waals surface area contributed by atoms with Gasteiger partial charge in [-0.25, -0.2) is 14.4 Å². The highest BCUT2D eigenvalue weighted by atomic mass is 79.9. The van der Waals surface area contributed by atoms with E-state index in [-0.39, 0.29) is 33.4 Å². The zero-order chi connectivity index (χ0) is 33.3. The number of hydrogen-bond donors (Lipinski definition) is 1. The molecule has 6 nitrogen and oxygen atoms in total. The molecule has 2 aromatic carbocycles. The van der Waals surface area contributed by atoms with Crippen LogP contribution >= 0.6 is 15.9 Å². The van der Waals surface area contributed by atoms with Crippen LogP contribution in [0.25, 0.3) is 10.9 Å². The summed E-state index contributed by atoms with van der Waals surface area (Å²) in [6, 6.07) is 7.31. The second kappa shape index (κ2) is 9.81. The van der Waals surface area contributed by atoms with Crippen molar-refractivity contribution in [2.24, 2.45) is 5.92 Å². The van der Waals surface area contributed by atoms with Crippen molar-refractivity contribution in [3.63, 3.8) is 0 Å². The number of rotatable bonds is 6. The van der Waals surface area contributed by atoms with E-state index in [1.54, 1.807) is 26.8 Å².